The molecule has 0 saturated heterocycles. The maximum Gasteiger partial charge on any atom is 0.139 e. The van der Waals surface area contributed by atoms with Crippen LogP contribution < -0.4 is 10.1 Å². The third-order valence-corrected chi connectivity index (χ3v) is 2.92. The Labute approximate surface area is 82.2 Å². The highest BCUT2D eigenvalue weighted by atomic mass is 32.1. The van der Waals surface area contributed by atoms with Crippen LogP contribution >= 0.6 is 11.3 Å². The molecule has 0 atom stereocenters. The normalized spacial score (nSPS) is 13.6. The Kier molecular flexibility index (Phi) is 2.54. The number of thiophene rings is 1. The predicted molar refractivity (Wildman–Crippen MR) is 57.6 cm³/mol. The summed E-state index contributed by atoms with van der Waals surface area (Å²) in [6.45, 7) is 3.90. The fourth-order valence-corrected chi connectivity index (χ4v) is 2.21. The van der Waals surface area contributed by atoms with E-state index in [-0.39, 0.29) is 0 Å². The van der Waals surface area contributed by atoms with Crippen LogP contribution in [0.25, 0.3) is 6.08 Å². The summed E-state index contributed by atoms with van der Waals surface area (Å²) < 4.78 is 5.47. The molecule has 0 radical (unpaired) electrons. The third kappa shape index (κ3) is 1.86. The van der Waals surface area contributed by atoms with E-state index in [1.807, 2.05) is 6.08 Å². The third-order valence-electron chi connectivity index (χ3n) is 1.88. The van der Waals surface area contributed by atoms with Gasteiger partial charge in [-0.25, -0.2) is 0 Å². The molecular formula is C10H13NOS. The molecule has 1 aliphatic rings. The summed E-state index contributed by atoms with van der Waals surface area (Å²) >= 11 is 1.75. The van der Waals surface area contributed by atoms with Crippen LogP contribution in [0.1, 0.15) is 18.2 Å². The van der Waals surface area contributed by atoms with Gasteiger partial charge in [-0.05, 0) is 18.6 Å². The first-order chi connectivity index (χ1) is 6.40. The summed E-state index contributed by atoms with van der Waals surface area (Å²) in [7, 11) is 0. The van der Waals surface area contributed by atoms with Gasteiger partial charge in [0, 0.05) is 12.6 Å². The zero-order valence-electron chi connectivity index (χ0n) is 7.67. The van der Waals surface area contributed by atoms with Gasteiger partial charge in [0.1, 0.15) is 12.4 Å². The number of ether oxygens (including phenoxy) is 1. The van der Waals surface area contributed by atoms with Gasteiger partial charge in [0.15, 0.2) is 0 Å². The molecule has 2 nitrogen and oxygen atoms in total. The molecule has 1 aromatic rings. The van der Waals surface area contributed by atoms with Crippen LogP contribution in [0.5, 0.6) is 5.75 Å². The zero-order chi connectivity index (χ0) is 9.10. The van der Waals surface area contributed by atoms with E-state index in [0.717, 1.165) is 18.7 Å². The van der Waals surface area contributed by atoms with Gasteiger partial charge >= 0.3 is 0 Å². The Morgan fingerprint density at radius 1 is 1.62 bits per heavy atom. The van der Waals surface area contributed by atoms with E-state index in [9.17, 15) is 0 Å². The summed E-state index contributed by atoms with van der Waals surface area (Å²) in [5, 5.41) is 4.56. The fourth-order valence-electron chi connectivity index (χ4n) is 1.25. The fraction of sp³-hybridized carbons (Fsp3) is 0.400. The summed E-state index contributed by atoms with van der Waals surface area (Å²) in [6.07, 6.45) is 5.32. The molecule has 1 aliphatic heterocycles. The average Bonchev–Trinajstić information content (AvgIpc) is 2.57. The number of nitrogens with one attached hydrogen (secondary N) is 1. The van der Waals surface area contributed by atoms with Gasteiger partial charge in [0.25, 0.3) is 0 Å². The highest BCUT2D eigenvalue weighted by Gasteiger charge is 2.09. The van der Waals surface area contributed by atoms with Crippen molar-refractivity contribution in [2.75, 3.05) is 18.5 Å². The molecule has 0 aliphatic carbocycles. The lowest BCUT2D eigenvalue weighted by Gasteiger charge is -2.05. The SMILES string of the molecule is CCCNc1cc2c(s1)C=CCO2. The largest absolute Gasteiger partial charge is 0.488 e. The van der Waals surface area contributed by atoms with Crippen molar-refractivity contribution in [2.45, 2.75) is 13.3 Å². The molecule has 2 rings (SSSR count). The van der Waals surface area contributed by atoms with Crippen LogP contribution in [-0.2, 0) is 0 Å². The van der Waals surface area contributed by atoms with Crippen molar-refractivity contribution >= 4 is 22.4 Å². The van der Waals surface area contributed by atoms with E-state index in [2.05, 4.69) is 24.4 Å². The van der Waals surface area contributed by atoms with Crippen LogP contribution in [-0.4, -0.2) is 13.2 Å². The summed E-state index contributed by atoms with van der Waals surface area (Å²) in [5.41, 5.74) is 0. The zero-order valence-corrected chi connectivity index (χ0v) is 8.49. The first-order valence-electron chi connectivity index (χ1n) is 4.57. The van der Waals surface area contributed by atoms with Crippen molar-refractivity contribution in [1.29, 1.82) is 0 Å². The number of hydrogen-bond acceptors (Lipinski definition) is 3. The Morgan fingerprint density at radius 2 is 2.54 bits per heavy atom. The maximum absolute atomic E-state index is 5.47. The minimum absolute atomic E-state index is 0.705. The van der Waals surface area contributed by atoms with Gasteiger partial charge in [-0.15, -0.1) is 11.3 Å². The first-order valence-corrected chi connectivity index (χ1v) is 5.39. The van der Waals surface area contributed by atoms with Crippen molar-refractivity contribution in [3.05, 3.63) is 17.0 Å². The Bertz CT molecular complexity index is 317. The van der Waals surface area contributed by atoms with E-state index in [4.69, 9.17) is 4.74 Å². The molecule has 0 saturated carbocycles. The maximum atomic E-state index is 5.47. The van der Waals surface area contributed by atoms with Crippen molar-refractivity contribution in [2.24, 2.45) is 0 Å². The van der Waals surface area contributed by atoms with Crippen molar-refractivity contribution in [3.63, 3.8) is 0 Å². The summed E-state index contributed by atoms with van der Waals surface area (Å²) in [5.74, 6) is 1.02. The van der Waals surface area contributed by atoms with Crippen molar-refractivity contribution < 1.29 is 4.74 Å². The van der Waals surface area contributed by atoms with Gasteiger partial charge in [-0.3, -0.25) is 0 Å². The molecule has 0 unspecified atom stereocenters. The van der Waals surface area contributed by atoms with Crippen molar-refractivity contribution in [3.8, 4) is 5.75 Å². The van der Waals surface area contributed by atoms with Crippen molar-refractivity contribution in [1.82, 2.24) is 0 Å². The lowest BCUT2D eigenvalue weighted by molar-refractivity contribution is 0.360. The second kappa shape index (κ2) is 3.83. The van der Waals surface area contributed by atoms with Gasteiger partial charge in [0.05, 0.1) is 9.88 Å². The molecule has 3 heteroatoms. The average molecular weight is 195 g/mol. The molecule has 70 valence electrons. The van der Waals surface area contributed by atoms with Crippen LogP contribution in [0.2, 0.25) is 0 Å². The molecular weight excluding hydrogens is 182 g/mol. The van der Waals surface area contributed by atoms with E-state index in [1.54, 1.807) is 11.3 Å². The van der Waals surface area contributed by atoms with Crippen LogP contribution in [0.15, 0.2) is 12.1 Å². The molecule has 0 fully saturated rings. The van der Waals surface area contributed by atoms with Crippen LogP contribution in [0, 0.1) is 0 Å². The molecule has 13 heavy (non-hydrogen) atoms. The number of anilines is 1. The second-order valence-corrected chi connectivity index (χ2v) is 4.06. The summed E-state index contributed by atoms with van der Waals surface area (Å²) in [4.78, 5) is 1.23. The monoisotopic (exact) mass is 195 g/mol. The molecule has 0 amide bonds. The standard InChI is InChI=1S/C10H13NOS/c1-2-5-11-10-7-8-9(13-10)4-3-6-12-8/h3-4,7,11H,2,5-6H2,1H3. The van der Waals surface area contributed by atoms with E-state index in [1.165, 1.54) is 9.88 Å². The van der Waals surface area contributed by atoms with Gasteiger partial charge in [-0.2, -0.15) is 0 Å². The molecule has 2 heterocycles. The van der Waals surface area contributed by atoms with E-state index in [0.29, 0.717) is 6.61 Å². The number of rotatable bonds is 3. The minimum atomic E-state index is 0.705. The predicted octanol–water partition coefficient (Wildman–Crippen LogP) is 2.98. The molecule has 0 aromatic carbocycles. The second-order valence-electron chi connectivity index (χ2n) is 2.98. The number of hydrogen-bond donors (Lipinski definition) is 1. The summed E-state index contributed by atoms with van der Waals surface area (Å²) in [6, 6.07) is 2.08. The van der Waals surface area contributed by atoms with Crippen LogP contribution in [0.3, 0.4) is 0 Å². The Balaban J connectivity index is 2.12. The molecule has 1 N–H and O–H groups in total. The number of fused-ring (bicyclic) bond motifs is 1. The lowest BCUT2D eigenvalue weighted by atomic mass is 10.3. The van der Waals surface area contributed by atoms with Gasteiger partial charge in [-0.1, -0.05) is 6.92 Å². The van der Waals surface area contributed by atoms with Gasteiger partial charge < -0.3 is 10.1 Å². The lowest BCUT2D eigenvalue weighted by Crippen LogP contribution is -1.97. The smallest absolute Gasteiger partial charge is 0.139 e. The highest BCUT2D eigenvalue weighted by molar-refractivity contribution is 7.17. The van der Waals surface area contributed by atoms with E-state index < -0.39 is 0 Å². The highest BCUT2D eigenvalue weighted by Crippen LogP contribution is 2.35. The molecule has 0 spiro atoms. The molecule has 1 aromatic heterocycles. The van der Waals surface area contributed by atoms with Gasteiger partial charge in [0.2, 0.25) is 0 Å². The van der Waals surface area contributed by atoms with E-state index >= 15 is 0 Å². The minimum Gasteiger partial charge on any atom is -0.488 e. The Hall–Kier alpha value is -0.960. The topological polar surface area (TPSA) is 21.3 Å². The molecule has 0 bridgehead atoms. The quantitative estimate of drug-likeness (QED) is 0.800. The first kappa shape index (κ1) is 8.63. The van der Waals surface area contributed by atoms with Crippen LogP contribution in [0.4, 0.5) is 5.00 Å². The Morgan fingerprint density at radius 3 is 3.31 bits per heavy atom.